The number of nitrogens with one attached hydrogen (secondary N) is 1. The Hall–Kier alpha value is -0.940. The van der Waals surface area contributed by atoms with Crippen LogP contribution in [0.4, 0.5) is 0 Å². The predicted octanol–water partition coefficient (Wildman–Crippen LogP) is 2.48. The highest BCUT2D eigenvalue weighted by atomic mass is 32.1. The number of carbonyl (C=O) groups is 1. The van der Waals surface area contributed by atoms with Crippen molar-refractivity contribution >= 4 is 17.2 Å². The van der Waals surface area contributed by atoms with Crippen molar-refractivity contribution in [2.24, 2.45) is 17.3 Å². The topological polar surface area (TPSA) is 62.2 Å². The number of rotatable bonds is 4. The van der Waals surface area contributed by atoms with Crippen LogP contribution in [-0.4, -0.2) is 21.6 Å². The van der Waals surface area contributed by atoms with Crippen molar-refractivity contribution in [3.63, 3.8) is 0 Å². The molecular weight excluding hydrogens is 284 g/mol. The van der Waals surface area contributed by atoms with Crippen molar-refractivity contribution in [3.8, 4) is 0 Å². The van der Waals surface area contributed by atoms with Gasteiger partial charge in [0.25, 0.3) is 0 Å². The molecule has 2 unspecified atom stereocenters. The number of hydrogen-bond donors (Lipinski definition) is 2. The fourth-order valence-corrected chi connectivity index (χ4v) is 6.08. The van der Waals surface area contributed by atoms with E-state index in [4.69, 9.17) is 0 Å². The molecule has 21 heavy (non-hydrogen) atoms. The Labute approximate surface area is 129 Å². The maximum atomic E-state index is 12.3. The average molecular weight is 306 g/mol. The second kappa shape index (κ2) is 4.78. The Balaban J connectivity index is 1.41. The maximum Gasteiger partial charge on any atom is 0.220 e. The summed E-state index contributed by atoms with van der Waals surface area (Å²) in [7, 11) is 0. The van der Waals surface area contributed by atoms with Crippen LogP contribution in [0, 0.1) is 17.3 Å². The number of aliphatic hydroxyl groups is 1. The summed E-state index contributed by atoms with van der Waals surface area (Å²) in [6.07, 6.45) is 8.64. The molecule has 4 nitrogen and oxygen atoms in total. The summed E-state index contributed by atoms with van der Waals surface area (Å²) in [6.45, 7) is 0.531. The Morgan fingerprint density at radius 1 is 1.38 bits per heavy atom. The lowest BCUT2D eigenvalue weighted by Gasteiger charge is -2.60. The monoisotopic (exact) mass is 306 g/mol. The predicted molar refractivity (Wildman–Crippen MR) is 80.6 cm³/mol. The van der Waals surface area contributed by atoms with Crippen LogP contribution in [-0.2, 0) is 11.3 Å². The van der Waals surface area contributed by atoms with E-state index < -0.39 is 5.60 Å². The Morgan fingerprint density at radius 3 is 2.76 bits per heavy atom. The van der Waals surface area contributed by atoms with E-state index in [1.807, 2.05) is 5.38 Å². The van der Waals surface area contributed by atoms with Crippen molar-refractivity contribution in [1.29, 1.82) is 0 Å². The highest BCUT2D eigenvalue weighted by molar-refractivity contribution is 7.09. The molecule has 1 aromatic heterocycles. The summed E-state index contributed by atoms with van der Waals surface area (Å²) >= 11 is 1.57. The van der Waals surface area contributed by atoms with Gasteiger partial charge < -0.3 is 10.4 Å². The number of aromatic nitrogens is 1. The van der Waals surface area contributed by atoms with Gasteiger partial charge in [0.05, 0.1) is 12.1 Å². The van der Waals surface area contributed by atoms with Crippen LogP contribution in [0.5, 0.6) is 0 Å². The molecule has 5 heteroatoms. The van der Waals surface area contributed by atoms with Crippen LogP contribution < -0.4 is 5.32 Å². The van der Waals surface area contributed by atoms with E-state index in [0.717, 1.165) is 37.1 Å². The number of hydrogen-bond acceptors (Lipinski definition) is 4. The third kappa shape index (κ3) is 2.61. The summed E-state index contributed by atoms with van der Waals surface area (Å²) in [5, 5.41) is 16.6. The summed E-state index contributed by atoms with van der Waals surface area (Å²) in [6, 6.07) is 0. The molecule has 4 saturated carbocycles. The molecule has 4 aliphatic carbocycles. The van der Waals surface area contributed by atoms with Gasteiger partial charge in [-0.25, -0.2) is 4.98 Å². The van der Waals surface area contributed by atoms with Crippen LogP contribution in [0.15, 0.2) is 11.6 Å². The van der Waals surface area contributed by atoms with E-state index >= 15 is 0 Å². The normalized spacial score (nSPS) is 40.4. The minimum Gasteiger partial charge on any atom is -0.390 e. The number of nitrogens with zero attached hydrogens (tertiary/aromatic N) is 1. The first kappa shape index (κ1) is 13.7. The van der Waals surface area contributed by atoms with Gasteiger partial charge >= 0.3 is 0 Å². The fraction of sp³-hybridized carbons (Fsp3) is 0.750. The quantitative estimate of drug-likeness (QED) is 0.898. The van der Waals surface area contributed by atoms with Gasteiger partial charge in [0, 0.05) is 18.0 Å². The molecule has 0 aliphatic heterocycles. The summed E-state index contributed by atoms with van der Waals surface area (Å²) < 4.78 is 0. The van der Waals surface area contributed by atoms with Crippen LogP contribution in [0.3, 0.4) is 0 Å². The lowest BCUT2D eigenvalue weighted by Crippen LogP contribution is -2.56. The SMILES string of the molecule is O=C(CC12CC3CC(CC(O)(C3)C1)C2)NCc1nccs1. The molecule has 4 fully saturated rings. The van der Waals surface area contributed by atoms with Gasteiger partial charge in [0.15, 0.2) is 0 Å². The molecule has 2 N–H and O–H groups in total. The Bertz CT molecular complexity index is 528. The van der Waals surface area contributed by atoms with E-state index in [1.54, 1.807) is 17.5 Å². The molecule has 2 atom stereocenters. The molecule has 0 saturated heterocycles. The van der Waals surface area contributed by atoms with Gasteiger partial charge in [0.2, 0.25) is 5.91 Å². The van der Waals surface area contributed by atoms with Crippen LogP contribution in [0.25, 0.3) is 0 Å². The third-order valence-electron chi connectivity index (χ3n) is 5.61. The molecule has 1 aromatic rings. The Kier molecular flexibility index (Phi) is 3.12. The van der Waals surface area contributed by atoms with E-state index in [2.05, 4.69) is 10.3 Å². The van der Waals surface area contributed by atoms with Crippen LogP contribution in [0.2, 0.25) is 0 Å². The van der Waals surface area contributed by atoms with Crippen molar-refractivity contribution < 1.29 is 9.90 Å². The highest BCUT2D eigenvalue weighted by Gasteiger charge is 2.57. The zero-order valence-corrected chi connectivity index (χ0v) is 13.0. The average Bonchev–Trinajstić information content (AvgIpc) is 2.85. The zero-order valence-electron chi connectivity index (χ0n) is 12.2. The minimum atomic E-state index is -0.473. The van der Waals surface area contributed by atoms with Gasteiger partial charge in [-0.05, 0) is 55.8 Å². The second-order valence-electron chi connectivity index (χ2n) is 7.56. The fourth-order valence-electron chi connectivity index (χ4n) is 5.53. The van der Waals surface area contributed by atoms with Crippen molar-refractivity contribution in [2.75, 3.05) is 0 Å². The first-order valence-corrected chi connectivity index (χ1v) is 8.80. The largest absolute Gasteiger partial charge is 0.390 e. The second-order valence-corrected chi connectivity index (χ2v) is 8.54. The summed E-state index contributed by atoms with van der Waals surface area (Å²) in [5.74, 6) is 1.40. The van der Waals surface area contributed by atoms with Gasteiger partial charge in [-0.2, -0.15) is 0 Å². The molecule has 4 aliphatic rings. The van der Waals surface area contributed by atoms with Gasteiger partial charge in [-0.3, -0.25) is 4.79 Å². The van der Waals surface area contributed by atoms with Gasteiger partial charge in [-0.1, -0.05) is 0 Å². The molecule has 4 bridgehead atoms. The third-order valence-corrected chi connectivity index (χ3v) is 6.39. The van der Waals surface area contributed by atoms with Crippen molar-refractivity contribution in [1.82, 2.24) is 10.3 Å². The number of carbonyl (C=O) groups excluding carboxylic acids is 1. The first-order chi connectivity index (χ1) is 10.0. The Morgan fingerprint density at radius 2 is 2.14 bits per heavy atom. The van der Waals surface area contributed by atoms with Crippen molar-refractivity contribution in [3.05, 3.63) is 16.6 Å². The molecule has 0 aromatic carbocycles. The number of thiazole rings is 1. The summed E-state index contributed by atoms with van der Waals surface area (Å²) in [4.78, 5) is 16.5. The van der Waals surface area contributed by atoms with E-state index in [0.29, 0.717) is 24.8 Å². The molecule has 0 spiro atoms. The standard InChI is InChI=1S/C16H22N2O2S/c19-13(18-9-14-17-1-2-21-14)8-15-4-11-3-12(5-15)7-16(20,6-11)10-15/h1-2,11-12,20H,3-10H2,(H,18,19). The summed E-state index contributed by atoms with van der Waals surface area (Å²) in [5.41, 5.74) is -0.411. The molecule has 1 amide bonds. The molecule has 5 rings (SSSR count). The maximum absolute atomic E-state index is 12.3. The zero-order chi connectivity index (χ0) is 14.5. The molecule has 1 heterocycles. The van der Waals surface area contributed by atoms with Gasteiger partial charge in [-0.15, -0.1) is 11.3 Å². The van der Waals surface area contributed by atoms with E-state index in [-0.39, 0.29) is 11.3 Å². The van der Waals surface area contributed by atoms with Crippen LogP contribution >= 0.6 is 11.3 Å². The lowest BCUT2D eigenvalue weighted by molar-refractivity contribution is -0.169. The highest BCUT2D eigenvalue weighted by Crippen LogP contribution is 2.62. The van der Waals surface area contributed by atoms with Crippen LogP contribution in [0.1, 0.15) is 50.0 Å². The van der Waals surface area contributed by atoms with Crippen molar-refractivity contribution in [2.45, 2.75) is 57.1 Å². The lowest BCUT2D eigenvalue weighted by atomic mass is 9.47. The van der Waals surface area contributed by atoms with E-state index in [1.165, 1.54) is 6.42 Å². The van der Waals surface area contributed by atoms with Gasteiger partial charge in [0.1, 0.15) is 5.01 Å². The molecule has 0 radical (unpaired) electrons. The van der Waals surface area contributed by atoms with E-state index in [9.17, 15) is 9.90 Å². The minimum absolute atomic E-state index is 0.0613. The smallest absolute Gasteiger partial charge is 0.220 e. The first-order valence-electron chi connectivity index (χ1n) is 7.92. The molecular formula is C16H22N2O2S. The number of amides is 1. The molecule has 114 valence electrons.